The lowest BCUT2D eigenvalue weighted by Gasteiger charge is -2.32. The second-order valence-electron chi connectivity index (χ2n) is 5.79. The van der Waals surface area contributed by atoms with Gasteiger partial charge in [-0.1, -0.05) is 11.6 Å². The molecule has 0 bridgehead atoms. The molecule has 6 nitrogen and oxygen atoms in total. The third-order valence-electron chi connectivity index (χ3n) is 3.41. The lowest BCUT2D eigenvalue weighted by atomic mass is 10.2. The van der Waals surface area contributed by atoms with Gasteiger partial charge in [-0.2, -0.15) is 0 Å². The molecule has 0 aliphatic heterocycles. The number of esters is 1. The van der Waals surface area contributed by atoms with E-state index >= 15 is 0 Å². The molecule has 2 aromatic heterocycles. The Morgan fingerprint density at radius 2 is 1.87 bits per heavy atom. The molecule has 0 saturated carbocycles. The first-order chi connectivity index (χ1) is 10.7. The van der Waals surface area contributed by atoms with Gasteiger partial charge in [0.15, 0.2) is 21.9 Å². The molecule has 0 N–H and O–H groups in total. The van der Waals surface area contributed by atoms with Gasteiger partial charge >= 0.3 is 5.97 Å². The van der Waals surface area contributed by atoms with Crippen molar-refractivity contribution in [1.29, 1.82) is 0 Å². The molecule has 23 heavy (non-hydrogen) atoms. The molecule has 1 atom stereocenters. The van der Waals surface area contributed by atoms with Crippen molar-refractivity contribution in [1.82, 2.24) is 14.3 Å². The number of fused-ring (bicyclic) bond motifs is 1. The van der Waals surface area contributed by atoms with E-state index in [2.05, 4.69) is 4.98 Å². The van der Waals surface area contributed by atoms with Crippen LogP contribution in [0.4, 0.5) is 0 Å². The standard InChI is InChI=1S/C15H20ClN3O3S/c1-8(2)19(9(3)4)13(20)10(5)22-14(21)11-12(16)17-15-18(11)6-7-23-15/h6-10H,1-5H3/t10-/m0/s1. The SMILES string of the molecule is CC(C)N(C(=O)[C@H](C)OC(=O)c1c(Cl)nc2sccn12)C(C)C. The lowest BCUT2D eigenvalue weighted by Crippen LogP contribution is -2.47. The third-order valence-corrected chi connectivity index (χ3v) is 4.43. The molecule has 8 heteroatoms. The highest BCUT2D eigenvalue weighted by Gasteiger charge is 2.30. The minimum atomic E-state index is -0.896. The van der Waals surface area contributed by atoms with E-state index in [9.17, 15) is 9.59 Å². The van der Waals surface area contributed by atoms with Crippen molar-refractivity contribution in [2.75, 3.05) is 0 Å². The Morgan fingerprint density at radius 3 is 2.43 bits per heavy atom. The summed E-state index contributed by atoms with van der Waals surface area (Å²) in [5, 5.41) is 1.87. The Kier molecular flexibility index (Phi) is 5.31. The van der Waals surface area contributed by atoms with Gasteiger partial charge in [-0.15, -0.1) is 11.3 Å². The number of halogens is 1. The maximum Gasteiger partial charge on any atom is 0.359 e. The first kappa shape index (κ1) is 17.7. The van der Waals surface area contributed by atoms with E-state index in [0.717, 1.165) is 0 Å². The van der Waals surface area contributed by atoms with Gasteiger partial charge in [0.2, 0.25) is 0 Å². The molecular formula is C15H20ClN3O3S. The van der Waals surface area contributed by atoms with Crippen molar-refractivity contribution >= 4 is 39.8 Å². The topological polar surface area (TPSA) is 63.9 Å². The van der Waals surface area contributed by atoms with Crippen molar-refractivity contribution in [3.05, 3.63) is 22.4 Å². The van der Waals surface area contributed by atoms with Crippen LogP contribution in [0, 0.1) is 0 Å². The number of carbonyl (C=O) groups is 2. The number of rotatable bonds is 5. The van der Waals surface area contributed by atoms with Crippen molar-refractivity contribution in [2.24, 2.45) is 0 Å². The van der Waals surface area contributed by atoms with Gasteiger partial charge < -0.3 is 9.64 Å². The number of thiazole rings is 1. The van der Waals surface area contributed by atoms with E-state index in [4.69, 9.17) is 16.3 Å². The normalized spacial score (nSPS) is 12.9. The van der Waals surface area contributed by atoms with E-state index in [1.807, 2.05) is 27.7 Å². The quantitative estimate of drug-likeness (QED) is 0.770. The molecule has 126 valence electrons. The van der Waals surface area contributed by atoms with Crippen LogP contribution in [0.15, 0.2) is 11.6 Å². The first-order valence-corrected chi connectivity index (χ1v) is 8.64. The second-order valence-corrected chi connectivity index (χ2v) is 7.02. The van der Waals surface area contributed by atoms with Crippen LogP contribution in [0.5, 0.6) is 0 Å². The fourth-order valence-corrected chi connectivity index (χ4v) is 3.54. The zero-order chi connectivity index (χ0) is 17.3. The molecule has 2 aromatic rings. The molecule has 2 rings (SSSR count). The lowest BCUT2D eigenvalue weighted by molar-refractivity contribution is -0.143. The van der Waals surface area contributed by atoms with E-state index in [0.29, 0.717) is 4.96 Å². The molecule has 0 saturated heterocycles. The minimum absolute atomic E-state index is 0.0192. The van der Waals surface area contributed by atoms with Crippen LogP contribution in [-0.4, -0.2) is 44.3 Å². The maximum absolute atomic E-state index is 12.5. The summed E-state index contributed by atoms with van der Waals surface area (Å²) in [6.07, 6.45) is 0.795. The average Bonchev–Trinajstić information content (AvgIpc) is 2.96. The van der Waals surface area contributed by atoms with Crippen LogP contribution in [-0.2, 0) is 9.53 Å². The van der Waals surface area contributed by atoms with Gasteiger partial charge in [-0.25, -0.2) is 9.78 Å². The van der Waals surface area contributed by atoms with Crippen molar-refractivity contribution in [2.45, 2.75) is 52.8 Å². The van der Waals surface area contributed by atoms with Gasteiger partial charge in [0.1, 0.15) is 0 Å². The Balaban J connectivity index is 2.18. The van der Waals surface area contributed by atoms with Gasteiger partial charge in [0, 0.05) is 23.7 Å². The summed E-state index contributed by atoms with van der Waals surface area (Å²) in [4.78, 5) is 31.3. The van der Waals surface area contributed by atoms with Gasteiger partial charge in [-0.3, -0.25) is 9.20 Å². The van der Waals surface area contributed by atoms with Crippen LogP contribution in [0.1, 0.15) is 45.1 Å². The predicted molar refractivity (Wildman–Crippen MR) is 90.1 cm³/mol. The van der Waals surface area contributed by atoms with Gasteiger partial charge in [-0.05, 0) is 34.6 Å². The first-order valence-electron chi connectivity index (χ1n) is 7.38. The number of hydrogen-bond donors (Lipinski definition) is 0. The van der Waals surface area contributed by atoms with Crippen LogP contribution in [0.25, 0.3) is 4.96 Å². The minimum Gasteiger partial charge on any atom is -0.448 e. The number of hydrogen-bond acceptors (Lipinski definition) is 5. The average molecular weight is 358 g/mol. The molecule has 0 aliphatic rings. The Hall–Kier alpha value is -1.60. The number of nitrogens with zero attached hydrogens (tertiary/aromatic N) is 3. The molecule has 0 unspecified atom stereocenters. The number of amides is 1. The highest BCUT2D eigenvalue weighted by molar-refractivity contribution is 7.15. The molecule has 0 radical (unpaired) electrons. The second kappa shape index (κ2) is 6.88. The van der Waals surface area contributed by atoms with Crippen LogP contribution in [0.2, 0.25) is 5.15 Å². The molecule has 1 amide bonds. The monoisotopic (exact) mass is 357 g/mol. The largest absolute Gasteiger partial charge is 0.448 e. The third kappa shape index (κ3) is 3.50. The number of carbonyl (C=O) groups excluding carboxylic acids is 2. The summed E-state index contributed by atoms with van der Waals surface area (Å²) in [6, 6.07) is 0.0385. The Morgan fingerprint density at radius 1 is 1.26 bits per heavy atom. The van der Waals surface area contributed by atoms with Gasteiger partial charge in [0.05, 0.1) is 0 Å². The van der Waals surface area contributed by atoms with Crippen molar-refractivity contribution < 1.29 is 14.3 Å². The molecule has 0 aromatic carbocycles. The number of aromatic nitrogens is 2. The molecule has 0 aliphatic carbocycles. The molecule has 0 fully saturated rings. The zero-order valence-corrected chi connectivity index (χ0v) is 15.3. The molecular weight excluding hydrogens is 338 g/mol. The van der Waals surface area contributed by atoms with Gasteiger partial charge in [0.25, 0.3) is 5.91 Å². The molecule has 2 heterocycles. The predicted octanol–water partition coefficient (Wildman–Crippen LogP) is 3.24. The highest BCUT2D eigenvalue weighted by atomic mass is 35.5. The fraction of sp³-hybridized carbons (Fsp3) is 0.533. The maximum atomic E-state index is 12.5. The highest BCUT2D eigenvalue weighted by Crippen LogP contribution is 2.22. The van der Waals surface area contributed by atoms with Crippen LogP contribution < -0.4 is 0 Å². The summed E-state index contributed by atoms with van der Waals surface area (Å²) in [5.74, 6) is -0.889. The van der Waals surface area contributed by atoms with Crippen molar-refractivity contribution in [3.63, 3.8) is 0 Å². The Bertz CT molecular complexity index is 715. The zero-order valence-electron chi connectivity index (χ0n) is 13.7. The molecule has 0 spiro atoms. The van der Waals surface area contributed by atoms with E-state index in [-0.39, 0.29) is 28.8 Å². The van der Waals surface area contributed by atoms with E-state index in [1.165, 1.54) is 11.3 Å². The fourth-order valence-electron chi connectivity index (χ4n) is 2.52. The number of ether oxygens (including phenoxy) is 1. The summed E-state index contributed by atoms with van der Waals surface area (Å²) in [7, 11) is 0. The van der Waals surface area contributed by atoms with Crippen LogP contribution >= 0.6 is 22.9 Å². The summed E-state index contributed by atoms with van der Waals surface area (Å²) in [6.45, 7) is 9.27. The smallest absolute Gasteiger partial charge is 0.359 e. The van der Waals surface area contributed by atoms with Crippen molar-refractivity contribution in [3.8, 4) is 0 Å². The number of imidazole rings is 1. The van der Waals surface area contributed by atoms with E-state index < -0.39 is 12.1 Å². The van der Waals surface area contributed by atoms with Crippen LogP contribution in [0.3, 0.4) is 0 Å². The summed E-state index contributed by atoms with van der Waals surface area (Å²) >= 11 is 7.37. The van der Waals surface area contributed by atoms with E-state index in [1.54, 1.807) is 27.8 Å². The Labute approximate surface area is 144 Å². The summed E-state index contributed by atoms with van der Waals surface area (Å²) in [5.41, 5.74) is 0.142. The summed E-state index contributed by atoms with van der Waals surface area (Å²) < 4.78 is 6.89.